The van der Waals surface area contributed by atoms with E-state index in [2.05, 4.69) is 205 Å². The van der Waals surface area contributed by atoms with Gasteiger partial charge in [0, 0.05) is 27.8 Å². The molecule has 11 rings (SSSR count). The first kappa shape index (κ1) is 29.8. The summed E-state index contributed by atoms with van der Waals surface area (Å²) in [5.41, 5.74) is 12.6. The molecule has 0 atom stereocenters. The highest BCUT2D eigenvalue weighted by Crippen LogP contribution is 2.62. The molecule has 9 aromatic rings. The van der Waals surface area contributed by atoms with Crippen molar-refractivity contribution in [3.8, 4) is 33.8 Å². The number of hydrogen-bond acceptors (Lipinski definition) is 2. The Balaban J connectivity index is 1.23. The molecule has 0 radical (unpaired) electrons. The topological polar surface area (TPSA) is 12.5 Å². The van der Waals surface area contributed by atoms with Gasteiger partial charge in [-0.25, -0.2) is 0 Å². The van der Waals surface area contributed by atoms with Crippen LogP contribution in [0, 0.1) is 0 Å². The van der Waals surface area contributed by atoms with Gasteiger partial charge in [-0.2, -0.15) is 0 Å². The van der Waals surface area contributed by atoms with Gasteiger partial charge in [0.1, 0.15) is 11.5 Å². The SMILES string of the molecule is c1ccc(-c2ccccc2N(c2ccc3c(c2)-c2ccccc2C32c3ccccc3Oc3ccccc32)c2cc3ccccc3c3ccccc23)cc1. The Morgan fingerprint density at radius 1 is 0.358 bits per heavy atom. The van der Waals surface area contributed by atoms with Crippen molar-refractivity contribution < 1.29 is 4.74 Å². The Kier molecular flexibility index (Phi) is 6.50. The van der Waals surface area contributed by atoms with Crippen molar-refractivity contribution in [3.63, 3.8) is 0 Å². The summed E-state index contributed by atoms with van der Waals surface area (Å²) in [6, 6.07) is 72.7. The number of benzene rings is 9. The Bertz CT molecular complexity index is 2840. The second-order valence-corrected chi connectivity index (χ2v) is 14.0. The van der Waals surface area contributed by atoms with Gasteiger partial charge in [0.15, 0.2) is 0 Å². The fourth-order valence-electron chi connectivity index (χ4n) is 9.14. The van der Waals surface area contributed by atoms with E-state index in [0.717, 1.165) is 28.6 Å². The van der Waals surface area contributed by atoms with Crippen molar-refractivity contribution in [3.05, 3.63) is 222 Å². The first-order chi connectivity index (χ1) is 26.3. The highest BCUT2D eigenvalue weighted by Gasteiger charge is 2.51. The minimum absolute atomic E-state index is 0.516. The molecule has 1 heterocycles. The molecule has 53 heavy (non-hydrogen) atoms. The van der Waals surface area contributed by atoms with Crippen LogP contribution in [-0.2, 0) is 5.41 Å². The van der Waals surface area contributed by atoms with Gasteiger partial charge in [0.2, 0.25) is 0 Å². The van der Waals surface area contributed by atoms with E-state index in [-0.39, 0.29) is 0 Å². The van der Waals surface area contributed by atoms with Crippen LogP contribution < -0.4 is 9.64 Å². The van der Waals surface area contributed by atoms with Crippen LogP contribution in [0.5, 0.6) is 11.5 Å². The molecule has 0 unspecified atom stereocenters. The molecular formula is C51H33NO. The van der Waals surface area contributed by atoms with E-state index in [1.165, 1.54) is 66.1 Å². The lowest BCUT2D eigenvalue weighted by Crippen LogP contribution is -2.32. The number of nitrogens with zero attached hydrogens (tertiary/aromatic N) is 1. The fraction of sp³-hybridized carbons (Fsp3) is 0.0196. The van der Waals surface area contributed by atoms with Crippen LogP contribution in [0.2, 0.25) is 0 Å². The minimum atomic E-state index is -0.516. The number of ether oxygens (including phenoxy) is 1. The molecule has 1 spiro atoms. The second kappa shape index (κ2) is 11.6. The molecular weight excluding hydrogens is 643 g/mol. The van der Waals surface area contributed by atoms with Crippen LogP contribution in [0.25, 0.3) is 43.8 Å². The van der Waals surface area contributed by atoms with Crippen molar-refractivity contribution in [1.29, 1.82) is 0 Å². The van der Waals surface area contributed by atoms with Crippen LogP contribution in [0.1, 0.15) is 22.3 Å². The minimum Gasteiger partial charge on any atom is -0.457 e. The molecule has 2 aliphatic rings. The maximum atomic E-state index is 6.59. The number of para-hydroxylation sites is 3. The molecule has 0 amide bonds. The molecule has 1 aliphatic heterocycles. The van der Waals surface area contributed by atoms with Crippen LogP contribution in [0.4, 0.5) is 17.1 Å². The second-order valence-electron chi connectivity index (χ2n) is 14.0. The molecule has 2 nitrogen and oxygen atoms in total. The maximum absolute atomic E-state index is 6.59. The maximum Gasteiger partial charge on any atom is 0.132 e. The summed E-state index contributed by atoms with van der Waals surface area (Å²) < 4.78 is 6.59. The van der Waals surface area contributed by atoms with Gasteiger partial charge in [-0.3, -0.25) is 0 Å². The summed E-state index contributed by atoms with van der Waals surface area (Å²) in [7, 11) is 0. The van der Waals surface area contributed by atoms with Crippen LogP contribution in [0.3, 0.4) is 0 Å². The zero-order valence-electron chi connectivity index (χ0n) is 28.9. The van der Waals surface area contributed by atoms with Gasteiger partial charge in [-0.05, 0) is 80.4 Å². The lowest BCUT2D eigenvalue weighted by Gasteiger charge is -2.39. The third-order valence-electron chi connectivity index (χ3n) is 11.3. The van der Waals surface area contributed by atoms with E-state index >= 15 is 0 Å². The standard InChI is InChI=1S/C51H33NO/c1-2-16-34(17-3-1)38-20-9-13-27-47(38)52(48-32-35-18-4-5-19-37(35)39-21-6-7-23-41(39)48)36-30-31-44-42(33-36)40-22-8-10-24-43(40)51(44)45-25-11-14-28-49(45)53-50-29-15-12-26-46(50)51/h1-33H. The lowest BCUT2D eigenvalue weighted by molar-refractivity contribution is 0.436. The zero-order valence-corrected chi connectivity index (χ0v) is 28.9. The first-order valence-electron chi connectivity index (χ1n) is 18.3. The highest BCUT2D eigenvalue weighted by atomic mass is 16.5. The quantitative estimate of drug-likeness (QED) is 0.172. The van der Waals surface area contributed by atoms with E-state index in [4.69, 9.17) is 4.74 Å². The molecule has 0 fully saturated rings. The number of rotatable bonds is 4. The molecule has 0 aromatic heterocycles. The van der Waals surface area contributed by atoms with Crippen molar-refractivity contribution in [1.82, 2.24) is 0 Å². The van der Waals surface area contributed by atoms with E-state index in [1.807, 2.05) is 0 Å². The zero-order chi connectivity index (χ0) is 34.9. The summed E-state index contributed by atoms with van der Waals surface area (Å²) in [6.45, 7) is 0. The first-order valence-corrected chi connectivity index (χ1v) is 18.3. The summed E-state index contributed by atoms with van der Waals surface area (Å²) in [6.07, 6.45) is 0. The van der Waals surface area contributed by atoms with Gasteiger partial charge in [-0.1, -0.05) is 164 Å². The molecule has 0 N–H and O–H groups in total. The molecule has 0 bridgehead atoms. The lowest BCUT2D eigenvalue weighted by atomic mass is 9.66. The highest BCUT2D eigenvalue weighted by molar-refractivity contribution is 6.15. The van der Waals surface area contributed by atoms with E-state index in [0.29, 0.717) is 0 Å². The number of anilines is 3. The Hall–Kier alpha value is -6.90. The predicted octanol–water partition coefficient (Wildman–Crippen LogP) is 13.6. The summed E-state index contributed by atoms with van der Waals surface area (Å²) in [5, 5.41) is 4.91. The average molecular weight is 676 g/mol. The van der Waals surface area contributed by atoms with E-state index in [9.17, 15) is 0 Å². The van der Waals surface area contributed by atoms with Crippen molar-refractivity contribution in [2.75, 3.05) is 4.90 Å². The Morgan fingerprint density at radius 3 is 1.70 bits per heavy atom. The van der Waals surface area contributed by atoms with Crippen LogP contribution >= 0.6 is 0 Å². The molecule has 0 saturated heterocycles. The average Bonchev–Trinajstić information content (AvgIpc) is 3.51. The normalized spacial score (nSPS) is 13.2. The van der Waals surface area contributed by atoms with Crippen LogP contribution in [-0.4, -0.2) is 0 Å². The molecule has 9 aromatic carbocycles. The largest absolute Gasteiger partial charge is 0.457 e. The van der Waals surface area contributed by atoms with Gasteiger partial charge in [0.25, 0.3) is 0 Å². The molecule has 0 saturated carbocycles. The smallest absolute Gasteiger partial charge is 0.132 e. The number of hydrogen-bond donors (Lipinski definition) is 0. The van der Waals surface area contributed by atoms with E-state index in [1.54, 1.807) is 0 Å². The summed E-state index contributed by atoms with van der Waals surface area (Å²) in [5.74, 6) is 1.80. The molecule has 248 valence electrons. The number of fused-ring (bicyclic) bond motifs is 12. The third kappa shape index (κ3) is 4.27. The predicted molar refractivity (Wildman–Crippen MR) is 219 cm³/mol. The van der Waals surface area contributed by atoms with Crippen molar-refractivity contribution in [2.45, 2.75) is 5.41 Å². The van der Waals surface area contributed by atoms with Gasteiger partial charge in [0.05, 0.1) is 16.8 Å². The van der Waals surface area contributed by atoms with E-state index < -0.39 is 5.41 Å². The Labute approximate surface area is 308 Å². The van der Waals surface area contributed by atoms with Gasteiger partial charge < -0.3 is 9.64 Å². The monoisotopic (exact) mass is 675 g/mol. The summed E-state index contributed by atoms with van der Waals surface area (Å²) in [4.78, 5) is 2.48. The fourth-order valence-corrected chi connectivity index (χ4v) is 9.14. The summed E-state index contributed by atoms with van der Waals surface area (Å²) >= 11 is 0. The molecule has 1 aliphatic carbocycles. The van der Waals surface area contributed by atoms with Crippen molar-refractivity contribution >= 4 is 38.6 Å². The van der Waals surface area contributed by atoms with Gasteiger partial charge >= 0.3 is 0 Å². The molecule has 2 heteroatoms. The van der Waals surface area contributed by atoms with Crippen molar-refractivity contribution in [2.24, 2.45) is 0 Å². The third-order valence-corrected chi connectivity index (χ3v) is 11.3. The van der Waals surface area contributed by atoms with Gasteiger partial charge in [-0.15, -0.1) is 0 Å². The Morgan fingerprint density at radius 2 is 0.925 bits per heavy atom. The van der Waals surface area contributed by atoms with Crippen LogP contribution in [0.15, 0.2) is 200 Å².